The second-order valence-corrected chi connectivity index (χ2v) is 12.6. The van der Waals surface area contributed by atoms with Crippen LogP contribution in [0.1, 0.15) is 31.8 Å². The molecule has 2 aromatic carbocycles. The van der Waals surface area contributed by atoms with Crippen molar-refractivity contribution in [2.75, 3.05) is 14.2 Å². The first-order valence-electron chi connectivity index (χ1n) is 12.3. The molecule has 0 radical (unpaired) electrons. The number of hydrogen-bond acceptors (Lipinski definition) is 12. The van der Waals surface area contributed by atoms with E-state index < -0.39 is 37.2 Å². The van der Waals surface area contributed by atoms with Crippen LogP contribution in [0.4, 0.5) is 0 Å². The second-order valence-electron chi connectivity index (χ2n) is 8.08. The Morgan fingerprint density at radius 2 is 1.04 bits per heavy atom. The Bertz CT molecular complexity index is 1600. The van der Waals surface area contributed by atoms with E-state index in [1.807, 2.05) is 0 Å². The number of carbonyl (C=O) groups is 2. The van der Waals surface area contributed by atoms with Crippen molar-refractivity contribution in [3.8, 4) is 23.0 Å². The monoisotopic (exact) mass is 842 g/mol. The van der Waals surface area contributed by atoms with E-state index in [1.54, 1.807) is 36.4 Å². The Balaban J connectivity index is 0.000000273. The summed E-state index contributed by atoms with van der Waals surface area (Å²) >= 11 is -5.84. The van der Waals surface area contributed by atoms with Gasteiger partial charge in [0.25, 0.3) is 0 Å². The van der Waals surface area contributed by atoms with Gasteiger partial charge >= 0.3 is 35.1 Å². The summed E-state index contributed by atoms with van der Waals surface area (Å²) in [7, 11) is 2.82. The van der Waals surface area contributed by atoms with Crippen LogP contribution in [0.3, 0.4) is 0 Å². The van der Waals surface area contributed by atoms with Gasteiger partial charge in [0.1, 0.15) is 11.5 Å². The van der Waals surface area contributed by atoms with Crippen LogP contribution in [0.5, 0.6) is 23.0 Å². The molecule has 0 aliphatic rings. The molecule has 2 heterocycles. The summed E-state index contributed by atoms with van der Waals surface area (Å²) in [6.45, 7) is 0. The van der Waals surface area contributed by atoms with Gasteiger partial charge in [-0.3, -0.25) is 9.97 Å². The third-order valence-corrected chi connectivity index (χ3v) is 5.00. The number of nitrogens with zero attached hydrogens (tertiary/aromatic N) is 6. The van der Waals surface area contributed by atoms with Gasteiger partial charge in [0.05, 0.1) is 26.0 Å². The molecule has 2 aromatic heterocycles. The molecule has 0 bridgehead atoms. The molecule has 2 N–H and O–H groups in total. The third kappa shape index (κ3) is 13.3. The van der Waals surface area contributed by atoms with E-state index in [4.69, 9.17) is 19.2 Å². The zero-order chi connectivity index (χ0) is 33.2. The van der Waals surface area contributed by atoms with Crippen LogP contribution in [0.2, 0.25) is 0 Å². The fourth-order valence-electron chi connectivity index (χ4n) is 2.98. The van der Waals surface area contributed by atoms with E-state index in [0.717, 1.165) is 0 Å². The fourth-order valence-corrected chi connectivity index (χ4v) is 2.98. The molecule has 0 unspecified atom stereocenters. The maximum atomic E-state index is 11.8. The summed E-state index contributed by atoms with van der Waals surface area (Å²) in [5.74, 6) is -1.17. The molecule has 45 heavy (non-hydrogen) atoms. The van der Waals surface area contributed by atoms with Gasteiger partial charge in [0.2, 0.25) is 0 Å². The molecular weight excluding hydrogens is 818 g/mol. The van der Waals surface area contributed by atoms with Gasteiger partial charge in [-0.05, 0) is 47.5 Å². The third-order valence-electron chi connectivity index (χ3n) is 5.00. The summed E-state index contributed by atoms with van der Waals surface area (Å²) in [6.07, 6.45) is 8.41. The Morgan fingerprint density at radius 1 is 0.711 bits per heavy atom. The first-order valence-corrected chi connectivity index (χ1v) is 19.5. The van der Waals surface area contributed by atoms with Crippen LogP contribution in [0, 0.1) is 25.4 Å². The Morgan fingerprint density at radius 3 is 1.36 bits per heavy atom. The number of aromatic nitrogens is 2. The quantitative estimate of drug-likeness (QED) is 0.191. The molecule has 0 fully saturated rings. The zero-order valence-corrected chi connectivity index (χ0v) is 27.7. The zero-order valence-electron chi connectivity index (χ0n) is 23.6. The predicted molar refractivity (Wildman–Crippen MR) is 150 cm³/mol. The fraction of sp³-hybridized carbons (Fsp3) is 0.0714. The Kier molecular flexibility index (Phi) is 14.8. The van der Waals surface area contributed by atoms with E-state index >= 15 is 0 Å². The molecule has 16 nitrogen and oxygen atoms in total. The van der Waals surface area contributed by atoms with Crippen molar-refractivity contribution in [1.29, 1.82) is 0 Å². The van der Waals surface area contributed by atoms with Crippen LogP contribution in [-0.4, -0.2) is 53.7 Å². The van der Waals surface area contributed by atoms with E-state index in [-0.39, 0.29) is 23.0 Å². The minimum atomic E-state index is -5.84. The van der Waals surface area contributed by atoms with E-state index in [0.29, 0.717) is 22.3 Å². The number of rotatable bonds is 8. The molecule has 0 aliphatic heterocycles. The number of benzene rings is 2. The maximum absolute atomic E-state index is 11.8. The normalized spacial score (nSPS) is 10.6. The molecule has 0 saturated heterocycles. The molecule has 0 spiro atoms. The molecular formula is C28H24N6O10U-4. The first kappa shape index (κ1) is 36.0. The van der Waals surface area contributed by atoms with E-state index in [1.165, 1.54) is 75.7 Å². The average molecular weight is 843 g/mol. The standard InChI is InChI=1S/2C14H13N3O3.2H2O.2O.U/c2*1-20-12-4-2-3-11(13(12)18)9-16-17-14(19)10-5-7-15-8-6-10;;;;;/h2*2-9H,1H3,(H2,15,16,17,18,19);2*1H2;;;/q;;;;;;+2/p-6. The van der Waals surface area contributed by atoms with Crippen LogP contribution in [0.25, 0.3) is 10.9 Å². The van der Waals surface area contributed by atoms with Crippen LogP contribution in [-0.2, 0) is 4.47 Å². The number of ether oxygens (including phenoxy) is 2. The number of methoxy groups -OCH3 is 2. The van der Waals surface area contributed by atoms with E-state index in [2.05, 4.69) is 31.0 Å². The summed E-state index contributed by atoms with van der Waals surface area (Å²) in [5, 5.41) is 30.8. The Labute approximate surface area is 263 Å². The van der Waals surface area contributed by atoms with Crippen molar-refractivity contribution < 1.29 is 64.4 Å². The second kappa shape index (κ2) is 18.5. The topological polar surface area (TPSA) is 252 Å². The Hall–Kier alpha value is -5.21. The molecule has 0 saturated carbocycles. The van der Waals surface area contributed by atoms with Gasteiger partial charge in [-0.1, -0.05) is 35.8 Å². The molecule has 0 aliphatic carbocycles. The summed E-state index contributed by atoms with van der Waals surface area (Å²) in [4.78, 5) is 30.9. The molecule has 17 heteroatoms. The van der Waals surface area contributed by atoms with Crippen molar-refractivity contribution in [3.63, 3.8) is 0 Å². The average Bonchev–Trinajstić information content (AvgIpc) is 3.03. The minimum absolute atomic E-state index is 0.217. The summed E-state index contributed by atoms with van der Waals surface area (Å²) in [6, 6.07) is 15.7. The molecule has 4 aromatic rings. The van der Waals surface area contributed by atoms with Crippen molar-refractivity contribution in [2.24, 2.45) is 10.2 Å². The summed E-state index contributed by atoms with van der Waals surface area (Å²) in [5.41, 5.74) is 8.38. The molecule has 2 amide bonds. The number of carbonyl (C=O) groups excluding carboxylic acids is 2. The number of hydrogen-bond donors (Lipinski definition) is 2. The van der Waals surface area contributed by atoms with Crippen molar-refractivity contribution >= 4 is 24.2 Å². The molecule has 4 rings (SSSR count). The number of pyridine rings is 2. The molecule has 0 atom stereocenters. The summed E-state index contributed by atoms with van der Waals surface area (Å²) < 4.78 is 42.0. The number of amides is 2. The van der Waals surface area contributed by atoms with Gasteiger partial charge in [-0.25, -0.2) is 0 Å². The first-order chi connectivity index (χ1) is 21.4. The van der Waals surface area contributed by atoms with Crippen molar-refractivity contribution in [2.45, 2.75) is 0 Å². The predicted octanol–water partition coefficient (Wildman–Crippen LogP) is 2.07. The van der Waals surface area contributed by atoms with Crippen LogP contribution >= 0.6 is 0 Å². The van der Waals surface area contributed by atoms with Gasteiger partial charge in [0, 0.05) is 48.3 Å². The van der Waals surface area contributed by atoms with Gasteiger partial charge in [0.15, 0.2) is 0 Å². The SMILES string of the molecule is COc1cccc(C=N[N-]C(=O)c2ccncc2)c1[O-].COc1cccc(C=N[N-]C(=O)c2ccncc2)c1[O-].[O]=[U](=[O])([OH])[OH]. The van der Waals surface area contributed by atoms with Gasteiger partial charge in [-0.15, -0.1) is 0 Å². The van der Waals surface area contributed by atoms with Gasteiger partial charge < -0.3 is 50.3 Å². The van der Waals surface area contributed by atoms with E-state index in [9.17, 15) is 19.8 Å². The van der Waals surface area contributed by atoms with Crippen molar-refractivity contribution in [3.05, 3.63) is 119 Å². The van der Waals surface area contributed by atoms with Crippen LogP contribution < -0.4 is 19.7 Å². The molecule has 234 valence electrons. The van der Waals surface area contributed by atoms with Crippen molar-refractivity contribution in [1.82, 2.24) is 9.97 Å². The van der Waals surface area contributed by atoms with Gasteiger partial charge in [-0.2, -0.15) is 0 Å². The number of para-hydroxylation sites is 2. The van der Waals surface area contributed by atoms with Crippen LogP contribution in [0.15, 0.2) is 95.7 Å².